The van der Waals surface area contributed by atoms with Crippen molar-refractivity contribution < 1.29 is 9.59 Å². The van der Waals surface area contributed by atoms with Crippen LogP contribution in [0.4, 0.5) is 0 Å². The van der Waals surface area contributed by atoms with E-state index in [1.165, 1.54) is 0 Å². The fraction of sp³-hybridized carbons (Fsp3) is 0.778. The molecule has 0 spiro atoms. The number of carbonyl (C=O) groups excluding carboxylic acids is 2. The molecule has 0 radical (unpaired) electrons. The third-order valence-corrected chi connectivity index (χ3v) is 2.95. The molecule has 0 aromatic heterocycles. The maximum atomic E-state index is 11.8. The summed E-state index contributed by atoms with van der Waals surface area (Å²) in [7, 11) is 1.80. The van der Waals surface area contributed by atoms with Gasteiger partial charge in [0.1, 0.15) is 6.04 Å². The highest BCUT2D eigenvalue weighted by atomic mass is 16.2. The van der Waals surface area contributed by atoms with Crippen molar-refractivity contribution >= 4 is 11.8 Å². The quantitative estimate of drug-likeness (QED) is 0.578. The molecule has 2 aliphatic heterocycles. The van der Waals surface area contributed by atoms with E-state index in [-0.39, 0.29) is 17.9 Å². The normalized spacial score (nSPS) is 26.9. The van der Waals surface area contributed by atoms with Gasteiger partial charge in [-0.25, -0.2) is 0 Å². The summed E-state index contributed by atoms with van der Waals surface area (Å²) >= 11 is 0. The number of nitrogens with one attached hydrogen (secondary N) is 2. The molecular weight excluding hydrogens is 182 g/mol. The van der Waals surface area contributed by atoms with E-state index in [2.05, 4.69) is 10.6 Å². The Balaban J connectivity index is 1.90. The van der Waals surface area contributed by atoms with Gasteiger partial charge in [0, 0.05) is 26.6 Å². The number of hydrogen-bond acceptors (Lipinski definition) is 3. The van der Waals surface area contributed by atoms with Crippen LogP contribution in [-0.2, 0) is 9.59 Å². The van der Waals surface area contributed by atoms with E-state index < -0.39 is 0 Å². The number of nitrogens with zero attached hydrogens (tertiary/aromatic N) is 1. The number of likely N-dealkylation sites (N-methyl/N-ethyl adjacent to an activating group) is 1. The lowest BCUT2D eigenvalue weighted by atomic mass is 10.1. The molecule has 2 fully saturated rings. The van der Waals surface area contributed by atoms with Gasteiger partial charge in [0.25, 0.3) is 0 Å². The molecule has 2 aliphatic rings. The molecule has 2 N–H and O–H groups in total. The van der Waals surface area contributed by atoms with Crippen molar-refractivity contribution in [1.29, 1.82) is 0 Å². The Bertz CT molecular complexity index is 263. The van der Waals surface area contributed by atoms with Crippen molar-refractivity contribution in [3.05, 3.63) is 0 Å². The fourth-order valence-corrected chi connectivity index (χ4v) is 1.77. The Morgan fingerprint density at radius 2 is 2.21 bits per heavy atom. The monoisotopic (exact) mass is 197 g/mol. The van der Waals surface area contributed by atoms with Crippen molar-refractivity contribution in [2.24, 2.45) is 0 Å². The first kappa shape index (κ1) is 9.45. The van der Waals surface area contributed by atoms with E-state index in [1.807, 2.05) is 0 Å². The minimum Gasteiger partial charge on any atom is -0.344 e. The fourth-order valence-electron chi connectivity index (χ4n) is 1.77. The van der Waals surface area contributed by atoms with Crippen LogP contribution in [0.25, 0.3) is 0 Å². The highest BCUT2D eigenvalue weighted by Gasteiger charge is 2.33. The predicted molar refractivity (Wildman–Crippen MR) is 50.6 cm³/mol. The Labute approximate surface area is 82.8 Å². The predicted octanol–water partition coefficient (Wildman–Crippen LogP) is -1.30. The second-order valence-electron chi connectivity index (χ2n) is 3.92. The number of carbonyl (C=O) groups is 2. The topological polar surface area (TPSA) is 61.4 Å². The maximum Gasteiger partial charge on any atom is 0.245 e. The van der Waals surface area contributed by atoms with Crippen molar-refractivity contribution in [1.82, 2.24) is 15.5 Å². The second-order valence-corrected chi connectivity index (χ2v) is 3.92. The number of rotatable bonds is 2. The van der Waals surface area contributed by atoms with Gasteiger partial charge in [0.05, 0.1) is 6.04 Å². The Morgan fingerprint density at radius 1 is 1.50 bits per heavy atom. The van der Waals surface area contributed by atoms with Gasteiger partial charge in [0.2, 0.25) is 11.8 Å². The molecule has 0 saturated carbocycles. The molecular formula is C9H15N3O2. The van der Waals surface area contributed by atoms with Gasteiger partial charge in [-0.2, -0.15) is 0 Å². The largest absolute Gasteiger partial charge is 0.344 e. The average molecular weight is 197 g/mol. The van der Waals surface area contributed by atoms with E-state index in [1.54, 1.807) is 11.9 Å². The molecule has 0 aromatic rings. The summed E-state index contributed by atoms with van der Waals surface area (Å²) in [5.41, 5.74) is 0. The summed E-state index contributed by atoms with van der Waals surface area (Å²) in [4.78, 5) is 24.5. The second kappa shape index (κ2) is 3.57. The summed E-state index contributed by atoms with van der Waals surface area (Å²) in [5.74, 6) is 0.0332. The van der Waals surface area contributed by atoms with Gasteiger partial charge in [-0.1, -0.05) is 0 Å². The Hall–Kier alpha value is -1.10. The third kappa shape index (κ3) is 1.59. The van der Waals surface area contributed by atoms with Crippen LogP contribution in [0, 0.1) is 0 Å². The van der Waals surface area contributed by atoms with E-state index in [9.17, 15) is 9.59 Å². The van der Waals surface area contributed by atoms with Crippen molar-refractivity contribution in [2.45, 2.75) is 24.9 Å². The molecule has 0 bridgehead atoms. The Morgan fingerprint density at radius 3 is 2.64 bits per heavy atom. The molecule has 5 nitrogen and oxygen atoms in total. The molecule has 2 saturated heterocycles. The minimum atomic E-state index is -0.284. The summed E-state index contributed by atoms with van der Waals surface area (Å²) in [6, 6.07) is 0.0214. The molecule has 0 aromatic carbocycles. The van der Waals surface area contributed by atoms with Gasteiger partial charge >= 0.3 is 0 Å². The highest BCUT2D eigenvalue weighted by Crippen LogP contribution is 2.12. The van der Waals surface area contributed by atoms with Crippen molar-refractivity contribution in [2.75, 3.05) is 20.1 Å². The van der Waals surface area contributed by atoms with Crippen molar-refractivity contribution in [3.63, 3.8) is 0 Å². The van der Waals surface area contributed by atoms with Gasteiger partial charge in [-0.15, -0.1) is 0 Å². The highest BCUT2D eigenvalue weighted by molar-refractivity contribution is 5.90. The summed E-state index contributed by atoms with van der Waals surface area (Å²) in [5, 5.41) is 5.80. The molecule has 0 unspecified atom stereocenters. The van der Waals surface area contributed by atoms with E-state index in [0.717, 1.165) is 13.1 Å². The van der Waals surface area contributed by atoms with E-state index >= 15 is 0 Å². The first-order valence-corrected chi connectivity index (χ1v) is 4.95. The zero-order valence-electron chi connectivity index (χ0n) is 8.25. The molecule has 0 aliphatic carbocycles. The lowest BCUT2D eigenvalue weighted by Gasteiger charge is -2.36. The van der Waals surface area contributed by atoms with Crippen LogP contribution in [0.15, 0.2) is 0 Å². The van der Waals surface area contributed by atoms with Crippen LogP contribution < -0.4 is 10.6 Å². The zero-order valence-corrected chi connectivity index (χ0v) is 8.25. The summed E-state index contributed by atoms with van der Waals surface area (Å²) in [6.45, 7) is 1.73. The molecule has 2 amide bonds. The van der Waals surface area contributed by atoms with Crippen LogP contribution in [0.5, 0.6) is 0 Å². The molecule has 1 atom stereocenters. The molecule has 2 heterocycles. The first-order valence-electron chi connectivity index (χ1n) is 4.95. The molecule has 2 rings (SSSR count). The van der Waals surface area contributed by atoms with Gasteiger partial charge in [-0.05, 0) is 6.42 Å². The SMILES string of the molecule is CN(C(=O)[C@@H]1CCC(=O)N1)C1CNC1. The van der Waals surface area contributed by atoms with Crippen LogP contribution >= 0.6 is 0 Å². The third-order valence-electron chi connectivity index (χ3n) is 2.95. The summed E-state index contributed by atoms with van der Waals surface area (Å²) < 4.78 is 0. The lowest BCUT2D eigenvalue weighted by Crippen LogP contribution is -2.60. The van der Waals surface area contributed by atoms with Crippen molar-refractivity contribution in [3.8, 4) is 0 Å². The molecule has 78 valence electrons. The van der Waals surface area contributed by atoms with Crippen LogP contribution in [0.1, 0.15) is 12.8 Å². The summed E-state index contributed by atoms with van der Waals surface area (Å²) in [6.07, 6.45) is 1.12. The average Bonchev–Trinajstić information content (AvgIpc) is 2.47. The van der Waals surface area contributed by atoms with E-state index in [0.29, 0.717) is 18.9 Å². The zero-order chi connectivity index (χ0) is 10.1. The minimum absolute atomic E-state index is 0.0107. The smallest absolute Gasteiger partial charge is 0.245 e. The van der Waals surface area contributed by atoms with Crippen LogP contribution in [0.3, 0.4) is 0 Å². The lowest BCUT2D eigenvalue weighted by molar-refractivity contribution is -0.135. The van der Waals surface area contributed by atoms with Crippen LogP contribution in [-0.4, -0.2) is 48.9 Å². The maximum absolute atomic E-state index is 11.8. The van der Waals surface area contributed by atoms with Crippen LogP contribution in [0.2, 0.25) is 0 Å². The Kier molecular flexibility index (Phi) is 2.41. The number of amides is 2. The first-order chi connectivity index (χ1) is 6.68. The standard InChI is InChI=1S/C9H15N3O2/c1-12(6-4-10-5-6)9(14)7-2-3-8(13)11-7/h6-7,10H,2-5H2,1H3,(H,11,13)/t7-/m0/s1. The number of hydrogen-bond donors (Lipinski definition) is 2. The van der Waals surface area contributed by atoms with Gasteiger partial charge in [0.15, 0.2) is 0 Å². The van der Waals surface area contributed by atoms with Gasteiger partial charge < -0.3 is 15.5 Å². The van der Waals surface area contributed by atoms with Gasteiger partial charge in [-0.3, -0.25) is 9.59 Å². The molecule has 14 heavy (non-hydrogen) atoms. The molecule has 5 heteroatoms. The van der Waals surface area contributed by atoms with E-state index in [4.69, 9.17) is 0 Å².